The molecule has 1 aliphatic rings. The molecule has 132 valence electrons. The molecule has 1 aromatic heterocycles. The highest BCUT2D eigenvalue weighted by Crippen LogP contribution is 2.38. The minimum absolute atomic E-state index is 0.0651. The second-order valence-electron chi connectivity index (χ2n) is 6.67. The number of rotatable bonds is 3. The summed E-state index contributed by atoms with van der Waals surface area (Å²) in [6.45, 7) is 4.19. The zero-order valence-corrected chi connectivity index (χ0v) is 14.6. The Bertz CT molecular complexity index is 982. The van der Waals surface area contributed by atoms with Crippen LogP contribution in [0.25, 0.3) is 0 Å². The van der Waals surface area contributed by atoms with E-state index in [-0.39, 0.29) is 22.7 Å². The zero-order valence-electron chi connectivity index (χ0n) is 14.6. The van der Waals surface area contributed by atoms with E-state index in [1.54, 1.807) is 16.8 Å². The van der Waals surface area contributed by atoms with E-state index < -0.39 is 0 Å². The quantitative estimate of drug-likeness (QED) is 0.571. The number of aryl methyl sites for hydroxylation is 2. The molecule has 0 bridgehead atoms. The van der Waals surface area contributed by atoms with Crippen LogP contribution in [-0.4, -0.2) is 19.7 Å². The van der Waals surface area contributed by atoms with Gasteiger partial charge < -0.3 is 5.32 Å². The Balaban J connectivity index is 1.74. The van der Waals surface area contributed by atoms with Crippen molar-refractivity contribution in [3.05, 3.63) is 81.2 Å². The van der Waals surface area contributed by atoms with Crippen LogP contribution in [0, 0.1) is 24.0 Å². The van der Waals surface area contributed by atoms with E-state index in [4.69, 9.17) is 0 Å². The number of aromatic nitrogens is 3. The first-order chi connectivity index (χ1) is 12.5. The van der Waals surface area contributed by atoms with Gasteiger partial charge in [-0.25, -0.2) is 4.68 Å². The third-order valence-corrected chi connectivity index (χ3v) is 5.03. The number of nitro groups is 1. The molecule has 0 unspecified atom stereocenters. The average molecular weight is 349 g/mol. The molecule has 2 heterocycles. The first-order valence-electron chi connectivity index (χ1n) is 8.50. The molecule has 1 aliphatic heterocycles. The lowest BCUT2D eigenvalue weighted by molar-refractivity contribution is -0.384. The van der Waals surface area contributed by atoms with Crippen LogP contribution in [-0.2, 0) is 0 Å². The summed E-state index contributed by atoms with van der Waals surface area (Å²) >= 11 is 0. The van der Waals surface area contributed by atoms with Crippen molar-refractivity contribution in [1.82, 2.24) is 14.8 Å². The number of anilines is 1. The predicted molar refractivity (Wildman–Crippen MR) is 98.2 cm³/mol. The highest BCUT2D eigenvalue weighted by Gasteiger charge is 2.30. The van der Waals surface area contributed by atoms with E-state index in [0.29, 0.717) is 5.95 Å². The Morgan fingerprint density at radius 1 is 1.15 bits per heavy atom. The summed E-state index contributed by atoms with van der Waals surface area (Å²) in [5.74, 6) is 0.677. The van der Waals surface area contributed by atoms with Gasteiger partial charge in [-0.1, -0.05) is 30.3 Å². The Morgan fingerprint density at radius 3 is 2.77 bits per heavy atom. The highest BCUT2D eigenvalue weighted by atomic mass is 16.6. The van der Waals surface area contributed by atoms with Crippen molar-refractivity contribution < 1.29 is 4.92 Å². The van der Waals surface area contributed by atoms with Crippen molar-refractivity contribution in [2.24, 2.45) is 0 Å². The van der Waals surface area contributed by atoms with Crippen LogP contribution in [0.1, 0.15) is 40.8 Å². The van der Waals surface area contributed by atoms with Crippen molar-refractivity contribution in [2.45, 2.75) is 32.4 Å². The molecule has 7 heteroatoms. The topological polar surface area (TPSA) is 85.9 Å². The van der Waals surface area contributed by atoms with Gasteiger partial charge in [-0.05, 0) is 42.5 Å². The fourth-order valence-electron chi connectivity index (χ4n) is 3.44. The summed E-state index contributed by atoms with van der Waals surface area (Å²) in [6, 6.07) is 13.1. The molecule has 26 heavy (non-hydrogen) atoms. The van der Waals surface area contributed by atoms with Crippen LogP contribution in [0.4, 0.5) is 11.6 Å². The van der Waals surface area contributed by atoms with Crippen LogP contribution >= 0.6 is 0 Å². The normalized spacial score (nSPS) is 18.8. The Morgan fingerprint density at radius 2 is 2.00 bits per heavy atom. The number of non-ortho nitro benzene ring substituents is 1. The monoisotopic (exact) mass is 349 g/mol. The van der Waals surface area contributed by atoms with Crippen molar-refractivity contribution >= 4 is 11.6 Å². The number of nitrogens with one attached hydrogen (secondary N) is 1. The average Bonchev–Trinajstić information content (AvgIpc) is 3.12. The number of fused-ring (bicyclic) bond motifs is 1. The molecule has 0 amide bonds. The maximum absolute atomic E-state index is 11.1. The van der Waals surface area contributed by atoms with Gasteiger partial charge >= 0.3 is 0 Å². The van der Waals surface area contributed by atoms with Gasteiger partial charge in [-0.2, -0.15) is 10.1 Å². The molecule has 0 saturated heterocycles. The minimum atomic E-state index is -0.367. The molecule has 7 nitrogen and oxygen atoms in total. The van der Waals surface area contributed by atoms with E-state index in [1.165, 1.54) is 29.1 Å². The number of nitrogens with zero attached hydrogens (tertiary/aromatic N) is 4. The Labute approximate surface area is 150 Å². The van der Waals surface area contributed by atoms with Gasteiger partial charge in [0, 0.05) is 12.1 Å². The van der Waals surface area contributed by atoms with Gasteiger partial charge in [-0.3, -0.25) is 10.1 Å². The second-order valence-corrected chi connectivity index (χ2v) is 6.67. The summed E-state index contributed by atoms with van der Waals surface area (Å²) in [7, 11) is 0. The largest absolute Gasteiger partial charge is 0.348 e. The van der Waals surface area contributed by atoms with Gasteiger partial charge in [0.1, 0.15) is 6.33 Å². The molecule has 2 atom stereocenters. The molecule has 0 aliphatic carbocycles. The molecule has 2 aromatic carbocycles. The maximum atomic E-state index is 11.1. The van der Waals surface area contributed by atoms with Gasteiger partial charge in [0.05, 0.1) is 17.0 Å². The van der Waals surface area contributed by atoms with Crippen LogP contribution in [0.5, 0.6) is 0 Å². The van der Waals surface area contributed by atoms with Crippen molar-refractivity contribution in [3.63, 3.8) is 0 Å². The molecule has 0 fully saturated rings. The van der Waals surface area contributed by atoms with E-state index in [0.717, 1.165) is 12.0 Å². The van der Waals surface area contributed by atoms with Crippen molar-refractivity contribution in [1.29, 1.82) is 0 Å². The number of hydrogen-bond donors (Lipinski definition) is 1. The van der Waals surface area contributed by atoms with E-state index in [2.05, 4.69) is 47.4 Å². The number of nitro benzene ring substituents is 1. The molecule has 0 spiro atoms. The van der Waals surface area contributed by atoms with Crippen LogP contribution in [0.2, 0.25) is 0 Å². The lowest BCUT2D eigenvalue weighted by atomic mass is 9.92. The Hall–Kier alpha value is -3.22. The lowest BCUT2D eigenvalue weighted by Crippen LogP contribution is -2.28. The summed E-state index contributed by atoms with van der Waals surface area (Å²) < 4.78 is 1.80. The first-order valence-corrected chi connectivity index (χ1v) is 8.50. The molecule has 0 radical (unpaired) electrons. The van der Waals surface area contributed by atoms with Crippen LogP contribution in [0.15, 0.2) is 48.8 Å². The standard InChI is InChI=1S/C19H19N5O2/c1-12-6-7-14(8-13(12)2)17-10-18(23-19(22-17)20-11-21-23)15-4-3-5-16(9-15)24(25)26/h3-9,11,17-18H,10H2,1-2H3,(H,20,21,22)/t17-,18-/m1/s1. The van der Waals surface area contributed by atoms with Crippen molar-refractivity contribution in [3.8, 4) is 0 Å². The van der Waals surface area contributed by atoms with Crippen LogP contribution in [0.3, 0.4) is 0 Å². The predicted octanol–water partition coefficient (Wildman–Crippen LogP) is 3.95. The molecular formula is C19H19N5O2. The zero-order chi connectivity index (χ0) is 18.3. The smallest absolute Gasteiger partial charge is 0.269 e. The highest BCUT2D eigenvalue weighted by molar-refractivity contribution is 5.42. The summed E-state index contributed by atoms with van der Waals surface area (Å²) in [4.78, 5) is 15.1. The second kappa shape index (κ2) is 6.25. The van der Waals surface area contributed by atoms with E-state index in [9.17, 15) is 10.1 Å². The van der Waals surface area contributed by atoms with Gasteiger partial charge in [-0.15, -0.1) is 0 Å². The molecule has 4 rings (SSSR count). The summed E-state index contributed by atoms with van der Waals surface area (Å²) in [6.07, 6.45) is 2.25. The molecule has 3 aromatic rings. The summed E-state index contributed by atoms with van der Waals surface area (Å²) in [5, 5.41) is 18.9. The fourth-order valence-corrected chi connectivity index (χ4v) is 3.44. The third-order valence-electron chi connectivity index (χ3n) is 5.03. The fraction of sp³-hybridized carbons (Fsp3) is 0.263. The summed E-state index contributed by atoms with van der Waals surface area (Å²) in [5.41, 5.74) is 4.62. The maximum Gasteiger partial charge on any atom is 0.269 e. The van der Waals surface area contributed by atoms with Gasteiger partial charge in [0.2, 0.25) is 5.95 Å². The van der Waals surface area contributed by atoms with Gasteiger partial charge in [0.15, 0.2) is 0 Å². The van der Waals surface area contributed by atoms with E-state index >= 15 is 0 Å². The van der Waals surface area contributed by atoms with E-state index in [1.807, 2.05) is 6.07 Å². The van der Waals surface area contributed by atoms with Crippen LogP contribution < -0.4 is 5.32 Å². The van der Waals surface area contributed by atoms with Gasteiger partial charge in [0.25, 0.3) is 5.69 Å². The third kappa shape index (κ3) is 2.81. The minimum Gasteiger partial charge on any atom is -0.348 e. The molecule has 0 saturated carbocycles. The SMILES string of the molecule is Cc1ccc([C@H]2C[C@H](c3cccc([N+](=O)[O-])c3)n3ncnc3N2)cc1C. The number of hydrogen-bond acceptors (Lipinski definition) is 5. The molecular weight excluding hydrogens is 330 g/mol. The Kier molecular flexibility index (Phi) is 3.91. The first kappa shape index (κ1) is 16.3. The lowest BCUT2D eigenvalue weighted by Gasteiger charge is -2.32. The van der Waals surface area contributed by atoms with Crippen molar-refractivity contribution in [2.75, 3.05) is 5.32 Å². The molecule has 1 N–H and O–H groups in total. The number of benzene rings is 2.